The van der Waals surface area contributed by atoms with E-state index in [-0.39, 0.29) is 10.6 Å². The summed E-state index contributed by atoms with van der Waals surface area (Å²) in [5, 5.41) is 10.9. The van der Waals surface area contributed by atoms with E-state index in [0.717, 1.165) is 6.07 Å². The number of carbonyl (C=O) groups is 2. The van der Waals surface area contributed by atoms with E-state index in [1.54, 1.807) is 0 Å². The van der Waals surface area contributed by atoms with Gasteiger partial charge in [0.25, 0.3) is 5.91 Å². The third-order valence-corrected chi connectivity index (χ3v) is 2.52. The van der Waals surface area contributed by atoms with Gasteiger partial charge in [-0.2, -0.15) is 0 Å². The molecule has 0 aliphatic heterocycles. The molecule has 2 N–H and O–H groups in total. The van der Waals surface area contributed by atoms with E-state index in [0.29, 0.717) is 5.56 Å². The summed E-state index contributed by atoms with van der Waals surface area (Å²) in [6.45, 7) is 2.82. The largest absolute Gasteiger partial charge is 0.480 e. The van der Waals surface area contributed by atoms with Gasteiger partial charge in [-0.3, -0.25) is 9.59 Å². The molecule has 0 fully saturated rings. The van der Waals surface area contributed by atoms with Crippen molar-refractivity contribution in [2.75, 3.05) is 0 Å². The molecular weight excluding hydrogens is 249 g/mol. The lowest BCUT2D eigenvalue weighted by Gasteiger charge is -2.11. The predicted molar refractivity (Wildman–Crippen MR) is 60.7 cm³/mol. The summed E-state index contributed by atoms with van der Waals surface area (Å²) < 4.78 is 13.3. The van der Waals surface area contributed by atoms with Crippen LogP contribution in [0.1, 0.15) is 22.8 Å². The average Bonchev–Trinajstić information content (AvgIpc) is 2.22. The van der Waals surface area contributed by atoms with E-state index >= 15 is 0 Å². The molecular formula is C11H11ClFNO3. The number of aliphatic carboxylic acids is 1. The van der Waals surface area contributed by atoms with Crippen LogP contribution < -0.4 is 5.32 Å². The van der Waals surface area contributed by atoms with Crippen molar-refractivity contribution in [3.05, 3.63) is 34.1 Å². The number of rotatable bonds is 3. The lowest BCUT2D eigenvalue weighted by molar-refractivity contribution is -0.138. The number of carboxylic acid groups (broad SMARTS) is 1. The van der Waals surface area contributed by atoms with Crippen molar-refractivity contribution in [1.29, 1.82) is 0 Å². The zero-order valence-corrected chi connectivity index (χ0v) is 10.0. The Kier molecular flexibility index (Phi) is 4.07. The number of hydrogen-bond acceptors (Lipinski definition) is 2. The second-order valence-electron chi connectivity index (χ2n) is 3.61. The number of carboxylic acids is 1. The molecule has 0 heterocycles. The minimum Gasteiger partial charge on any atom is -0.480 e. The monoisotopic (exact) mass is 259 g/mol. The first-order valence-electron chi connectivity index (χ1n) is 4.82. The maximum atomic E-state index is 13.3. The van der Waals surface area contributed by atoms with Gasteiger partial charge in [-0.1, -0.05) is 11.6 Å². The van der Waals surface area contributed by atoms with E-state index in [9.17, 15) is 14.0 Å². The van der Waals surface area contributed by atoms with Gasteiger partial charge >= 0.3 is 5.97 Å². The highest BCUT2D eigenvalue weighted by molar-refractivity contribution is 6.34. The standard InChI is InChI=1S/C11H11ClFNO3/c1-5-3-8(12)7(4-9(5)13)10(15)14-6(2)11(16)17/h3-4,6H,1-2H3,(H,14,15)(H,16,17). The van der Waals surface area contributed by atoms with Crippen molar-refractivity contribution in [2.24, 2.45) is 0 Å². The molecule has 1 atom stereocenters. The lowest BCUT2D eigenvalue weighted by atomic mass is 10.1. The van der Waals surface area contributed by atoms with Gasteiger partial charge in [0.1, 0.15) is 11.9 Å². The molecule has 0 bridgehead atoms. The minimum atomic E-state index is -1.18. The van der Waals surface area contributed by atoms with Crippen molar-refractivity contribution in [3.8, 4) is 0 Å². The number of aryl methyl sites for hydroxylation is 1. The van der Waals surface area contributed by atoms with Crippen LogP contribution >= 0.6 is 11.6 Å². The quantitative estimate of drug-likeness (QED) is 0.872. The van der Waals surface area contributed by atoms with E-state index in [1.165, 1.54) is 19.9 Å². The summed E-state index contributed by atoms with van der Waals surface area (Å²) >= 11 is 5.78. The molecule has 1 amide bonds. The van der Waals surface area contributed by atoms with Gasteiger partial charge in [0, 0.05) is 0 Å². The molecule has 6 heteroatoms. The zero-order chi connectivity index (χ0) is 13.2. The molecule has 0 saturated carbocycles. The highest BCUT2D eigenvalue weighted by Gasteiger charge is 2.18. The molecule has 0 saturated heterocycles. The first-order valence-corrected chi connectivity index (χ1v) is 5.20. The molecule has 0 aromatic heterocycles. The number of benzene rings is 1. The molecule has 1 aromatic rings. The summed E-state index contributed by atoms with van der Waals surface area (Å²) in [5.41, 5.74) is 0.237. The summed E-state index contributed by atoms with van der Waals surface area (Å²) in [6, 6.07) is 1.24. The van der Waals surface area contributed by atoms with Gasteiger partial charge in [0.05, 0.1) is 10.6 Å². The maximum absolute atomic E-state index is 13.3. The Hall–Kier alpha value is -1.62. The first-order chi connectivity index (χ1) is 7.82. The van der Waals surface area contributed by atoms with Gasteiger partial charge in [-0.25, -0.2) is 4.39 Å². The Bertz CT molecular complexity index is 476. The van der Waals surface area contributed by atoms with Gasteiger partial charge in [0.2, 0.25) is 0 Å². The molecule has 0 spiro atoms. The van der Waals surface area contributed by atoms with Crippen LogP contribution in [0.15, 0.2) is 12.1 Å². The SMILES string of the molecule is Cc1cc(Cl)c(C(=O)NC(C)C(=O)O)cc1F. The maximum Gasteiger partial charge on any atom is 0.325 e. The van der Waals surface area contributed by atoms with Gasteiger partial charge in [-0.05, 0) is 31.5 Å². The topological polar surface area (TPSA) is 66.4 Å². The van der Waals surface area contributed by atoms with E-state index in [1.807, 2.05) is 0 Å². The summed E-state index contributed by atoms with van der Waals surface area (Å²) in [6.07, 6.45) is 0. The molecule has 1 unspecified atom stereocenters. The fourth-order valence-electron chi connectivity index (χ4n) is 1.16. The van der Waals surface area contributed by atoms with E-state index in [4.69, 9.17) is 16.7 Å². The van der Waals surface area contributed by atoms with Crippen LogP contribution in [0.3, 0.4) is 0 Å². The molecule has 4 nitrogen and oxygen atoms in total. The molecule has 17 heavy (non-hydrogen) atoms. The molecule has 0 radical (unpaired) electrons. The highest BCUT2D eigenvalue weighted by atomic mass is 35.5. The normalized spacial score (nSPS) is 12.0. The Labute approximate surface area is 102 Å². The van der Waals surface area contributed by atoms with E-state index < -0.39 is 23.7 Å². The van der Waals surface area contributed by atoms with Crippen LogP contribution in [-0.4, -0.2) is 23.0 Å². The fraction of sp³-hybridized carbons (Fsp3) is 0.273. The van der Waals surface area contributed by atoms with Crippen LogP contribution in [0.2, 0.25) is 5.02 Å². The number of hydrogen-bond donors (Lipinski definition) is 2. The fourth-order valence-corrected chi connectivity index (χ4v) is 1.46. The van der Waals surface area contributed by atoms with Gasteiger partial charge in [-0.15, -0.1) is 0 Å². The molecule has 1 rings (SSSR count). The van der Waals surface area contributed by atoms with Crippen LogP contribution in [-0.2, 0) is 4.79 Å². The van der Waals surface area contributed by atoms with Crippen LogP contribution in [0.25, 0.3) is 0 Å². The van der Waals surface area contributed by atoms with E-state index in [2.05, 4.69) is 5.32 Å². The Balaban J connectivity index is 2.97. The van der Waals surface area contributed by atoms with Crippen LogP contribution in [0.4, 0.5) is 4.39 Å². The Morgan fingerprint density at radius 2 is 2.06 bits per heavy atom. The van der Waals surface area contributed by atoms with Crippen molar-refractivity contribution >= 4 is 23.5 Å². The Morgan fingerprint density at radius 1 is 1.47 bits per heavy atom. The van der Waals surface area contributed by atoms with Crippen molar-refractivity contribution < 1.29 is 19.1 Å². The molecule has 1 aromatic carbocycles. The molecule has 0 aliphatic carbocycles. The third kappa shape index (κ3) is 3.17. The predicted octanol–water partition coefficient (Wildman–Crippen LogP) is 1.99. The number of amides is 1. The number of halogens is 2. The van der Waals surface area contributed by atoms with Crippen LogP contribution in [0, 0.1) is 12.7 Å². The molecule has 0 aliphatic rings. The highest BCUT2D eigenvalue weighted by Crippen LogP contribution is 2.20. The second kappa shape index (κ2) is 5.14. The van der Waals surface area contributed by atoms with Gasteiger partial charge < -0.3 is 10.4 Å². The summed E-state index contributed by atoms with van der Waals surface area (Å²) in [5.74, 6) is -2.46. The second-order valence-corrected chi connectivity index (χ2v) is 4.02. The third-order valence-electron chi connectivity index (χ3n) is 2.21. The van der Waals surface area contributed by atoms with Crippen molar-refractivity contribution in [1.82, 2.24) is 5.32 Å². The number of carbonyl (C=O) groups excluding carboxylic acids is 1. The molecule has 92 valence electrons. The van der Waals surface area contributed by atoms with Crippen molar-refractivity contribution in [2.45, 2.75) is 19.9 Å². The first kappa shape index (κ1) is 13.4. The number of nitrogens with one attached hydrogen (secondary N) is 1. The van der Waals surface area contributed by atoms with Gasteiger partial charge in [0.15, 0.2) is 0 Å². The summed E-state index contributed by atoms with van der Waals surface area (Å²) in [7, 11) is 0. The Morgan fingerprint density at radius 3 is 2.59 bits per heavy atom. The lowest BCUT2D eigenvalue weighted by Crippen LogP contribution is -2.38. The smallest absolute Gasteiger partial charge is 0.325 e. The summed E-state index contributed by atoms with van der Waals surface area (Å²) in [4.78, 5) is 22.2. The van der Waals surface area contributed by atoms with Crippen molar-refractivity contribution in [3.63, 3.8) is 0 Å². The zero-order valence-electron chi connectivity index (χ0n) is 9.25. The van der Waals surface area contributed by atoms with Crippen LogP contribution in [0.5, 0.6) is 0 Å². The average molecular weight is 260 g/mol. The minimum absolute atomic E-state index is 0.0807.